The van der Waals surface area contributed by atoms with Gasteiger partial charge in [0.1, 0.15) is 17.4 Å². The molecule has 1 aliphatic heterocycles. The summed E-state index contributed by atoms with van der Waals surface area (Å²) in [6.45, 7) is 6.99. The van der Waals surface area contributed by atoms with Crippen molar-refractivity contribution in [3.63, 3.8) is 0 Å². The smallest absolute Gasteiger partial charge is 0.341 e. The van der Waals surface area contributed by atoms with Crippen LogP contribution in [0, 0.1) is 5.41 Å². The van der Waals surface area contributed by atoms with Gasteiger partial charge in [-0.25, -0.2) is 4.79 Å². The third kappa shape index (κ3) is 4.14. The summed E-state index contributed by atoms with van der Waals surface area (Å²) in [6.07, 6.45) is 0.251. The van der Waals surface area contributed by atoms with Crippen LogP contribution in [0.4, 0.5) is 0 Å². The maximum absolute atomic E-state index is 12.4. The highest BCUT2D eigenvalue weighted by Gasteiger charge is 2.37. The first kappa shape index (κ1) is 21.7. The first-order chi connectivity index (χ1) is 14.2. The summed E-state index contributed by atoms with van der Waals surface area (Å²) in [6, 6.07) is 4.87. The molecule has 0 aliphatic carbocycles. The van der Waals surface area contributed by atoms with E-state index >= 15 is 0 Å². The van der Waals surface area contributed by atoms with E-state index in [0.29, 0.717) is 47.3 Å². The van der Waals surface area contributed by atoms with Crippen LogP contribution in [-0.2, 0) is 4.74 Å². The molecule has 0 radical (unpaired) electrons. The first-order valence-corrected chi connectivity index (χ1v) is 9.68. The summed E-state index contributed by atoms with van der Waals surface area (Å²) >= 11 is 0. The number of carbonyl (C=O) groups is 1. The number of aromatic nitrogens is 1. The Hall–Kier alpha value is -3.00. The van der Waals surface area contributed by atoms with E-state index in [0.717, 1.165) is 6.42 Å². The molecule has 1 aliphatic rings. The number of aromatic amines is 1. The van der Waals surface area contributed by atoms with E-state index in [1.54, 1.807) is 19.2 Å². The third-order valence-corrected chi connectivity index (χ3v) is 4.90. The zero-order valence-electron chi connectivity index (χ0n) is 17.8. The fourth-order valence-corrected chi connectivity index (χ4v) is 3.46. The largest absolute Gasteiger partial charge is 0.493 e. The van der Waals surface area contributed by atoms with Gasteiger partial charge in [0.15, 0.2) is 11.5 Å². The number of H-pyrrole nitrogens is 1. The van der Waals surface area contributed by atoms with Crippen LogP contribution in [0.5, 0.6) is 17.2 Å². The number of carboxylic acids is 1. The number of carboxylic acid groups (broad SMARTS) is 1. The SMILES string of the molecule is COCCCOc1cc2c(cc1OC)-c1[nH]c(=O)c(C(=O)O)cc1[C@@H](C(C)(C)C)O2. The van der Waals surface area contributed by atoms with Gasteiger partial charge in [-0.3, -0.25) is 4.79 Å². The van der Waals surface area contributed by atoms with E-state index in [4.69, 9.17) is 18.9 Å². The van der Waals surface area contributed by atoms with Gasteiger partial charge in [-0.15, -0.1) is 0 Å². The summed E-state index contributed by atoms with van der Waals surface area (Å²) in [4.78, 5) is 26.6. The zero-order valence-corrected chi connectivity index (χ0v) is 17.8. The highest BCUT2D eigenvalue weighted by Crippen LogP contribution is 2.50. The van der Waals surface area contributed by atoms with Crippen molar-refractivity contribution in [2.45, 2.75) is 33.3 Å². The lowest BCUT2D eigenvalue weighted by Crippen LogP contribution is -2.30. The van der Waals surface area contributed by atoms with Crippen LogP contribution < -0.4 is 19.8 Å². The van der Waals surface area contributed by atoms with Crippen molar-refractivity contribution in [2.24, 2.45) is 5.41 Å². The van der Waals surface area contributed by atoms with Crippen LogP contribution >= 0.6 is 0 Å². The quantitative estimate of drug-likeness (QED) is 0.662. The fourth-order valence-electron chi connectivity index (χ4n) is 3.46. The normalized spacial score (nSPS) is 15.0. The molecule has 162 valence electrons. The van der Waals surface area contributed by atoms with Gasteiger partial charge in [-0.2, -0.15) is 0 Å². The number of aromatic carboxylic acids is 1. The molecule has 0 amide bonds. The van der Waals surface area contributed by atoms with E-state index in [1.165, 1.54) is 13.2 Å². The summed E-state index contributed by atoms with van der Waals surface area (Å²) < 4.78 is 22.7. The van der Waals surface area contributed by atoms with Crippen LogP contribution in [0.1, 0.15) is 49.2 Å². The Morgan fingerprint density at radius 2 is 1.90 bits per heavy atom. The molecular formula is C22H27NO7. The Bertz CT molecular complexity index is 1000. The molecule has 0 unspecified atom stereocenters. The molecule has 0 fully saturated rings. The molecule has 2 aromatic rings. The van der Waals surface area contributed by atoms with Gasteiger partial charge < -0.3 is 29.0 Å². The Balaban J connectivity index is 2.14. The lowest BCUT2D eigenvalue weighted by molar-refractivity contribution is 0.0690. The minimum atomic E-state index is -1.28. The first-order valence-electron chi connectivity index (χ1n) is 9.68. The van der Waals surface area contributed by atoms with Crippen LogP contribution in [0.2, 0.25) is 0 Å². The molecule has 0 bridgehead atoms. The summed E-state index contributed by atoms with van der Waals surface area (Å²) in [5.74, 6) is 0.254. The Morgan fingerprint density at radius 1 is 1.17 bits per heavy atom. The van der Waals surface area contributed by atoms with Crippen molar-refractivity contribution in [1.29, 1.82) is 0 Å². The molecule has 2 N–H and O–H groups in total. The average molecular weight is 417 g/mol. The van der Waals surface area contributed by atoms with Gasteiger partial charge in [-0.05, 0) is 12.1 Å². The molecule has 8 heteroatoms. The highest BCUT2D eigenvalue weighted by atomic mass is 16.5. The van der Waals surface area contributed by atoms with Gasteiger partial charge in [0, 0.05) is 42.7 Å². The molecule has 8 nitrogen and oxygen atoms in total. The predicted molar refractivity (Wildman–Crippen MR) is 111 cm³/mol. The summed E-state index contributed by atoms with van der Waals surface area (Å²) in [7, 11) is 3.16. The van der Waals surface area contributed by atoms with E-state index < -0.39 is 17.6 Å². The molecule has 0 spiro atoms. The minimum Gasteiger partial charge on any atom is -0.493 e. The highest BCUT2D eigenvalue weighted by molar-refractivity contribution is 5.88. The lowest BCUT2D eigenvalue weighted by Gasteiger charge is -2.37. The maximum atomic E-state index is 12.4. The standard InChI is InChI=1S/C22H27NO7/c1-22(2,3)19-13-9-14(21(25)26)20(24)23-18(13)12-10-16(28-5)17(11-15(12)30-19)29-8-6-7-27-4/h9-11,19H,6-8H2,1-5H3,(H,23,24)(H,25,26)/t19-/m0/s1. The fraction of sp³-hybridized carbons (Fsp3) is 0.455. The monoisotopic (exact) mass is 417 g/mol. The van der Waals surface area contributed by atoms with Crippen LogP contribution in [0.25, 0.3) is 11.3 Å². The zero-order chi connectivity index (χ0) is 22.1. The van der Waals surface area contributed by atoms with Crippen LogP contribution in [0.15, 0.2) is 23.0 Å². The van der Waals surface area contributed by atoms with Crippen molar-refractivity contribution in [3.8, 4) is 28.5 Å². The number of fused-ring (bicyclic) bond motifs is 3. The second-order valence-corrected chi connectivity index (χ2v) is 8.21. The molecule has 1 atom stereocenters. The predicted octanol–water partition coefficient (Wildman–Crippen LogP) is 3.64. The van der Waals surface area contributed by atoms with Gasteiger partial charge >= 0.3 is 5.97 Å². The number of methoxy groups -OCH3 is 2. The third-order valence-electron chi connectivity index (χ3n) is 4.90. The number of hydrogen-bond acceptors (Lipinski definition) is 6. The number of benzene rings is 1. The topological polar surface area (TPSA) is 107 Å². The minimum absolute atomic E-state index is 0.319. The van der Waals surface area contributed by atoms with Crippen molar-refractivity contribution in [1.82, 2.24) is 4.98 Å². The molecular weight excluding hydrogens is 390 g/mol. The molecule has 0 saturated heterocycles. The Morgan fingerprint density at radius 3 is 2.50 bits per heavy atom. The van der Waals surface area contributed by atoms with Crippen LogP contribution in [-0.4, -0.2) is 43.5 Å². The van der Waals surface area contributed by atoms with Gasteiger partial charge in [0.05, 0.1) is 19.4 Å². The summed E-state index contributed by atoms with van der Waals surface area (Å²) in [5.41, 5.74) is 0.402. The number of nitrogens with one attached hydrogen (secondary N) is 1. The van der Waals surface area contributed by atoms with Crippen LogP contribution in [0.3, 0.4) is 0 Å². The van der Waals surface area contributed by atoms with E-state index in [-0.39, 0.29) is 11.0 Å². The molecule has 0 saturated carbocycles. The molecule has 30 heavy (non-hydrogen) atoms. The van der Waals surface area contributed by atoms with Crippen molar-refractivity contribution < 1.29 is 28.8 Å². The van der Waals surface area contributed by atoms with Crippen molar-refractivity contribution in [2.75, 3.05) is 27.4 Å². The number of ether oxygens (including phenoxy) is 4. The summed E-state index contributed by atoms with van der Waals surface area (Å²) in [5, 5.41) is 9.38. The second kappa shape index (κ2) is 8.39. The lowest BCUT2D eigenvalue weighted by atomic mass is 9.81. The van der Waals surface area contributed by atoms with Crippen molar-refractivity contribution >= 4 is 5.97 Å². The Labute approximate surface area is 174 Å². The van der Waals surface area contributed by atoms with E-state index in [9.17, 15) is 14.7 Å². The van der Waals surface area contributed by atoms with Gasteiger partial charge in [0.2, 0.25) is 0 Å². The maximum Gasteiger partial charge on any atom is 0.341 e. The number of rotatable bonds is 7. The number of hydrogen-bond donors (Lipinski definition) is 2. The molecule has 2 heterocycles. The van der Waals surface area contributed by atoms with Gasteiger partial charge in [0.25, 0.3) is 5.56 Å². The molecule has 1 aromatic heterocycles. The Kier molecular flexibility index (Phi) is 6.07. The molecule has 3 rings (SSSR count). The van der Waals surface area contributed by atoms with Crippen molar-refractivity contribution in [3.05, 3.63) is 39.7 Å². The number of pyridine rings is 1. The van der Waals surface area contributed by atoms with E-state index in [2.05, 4.69) is 4.98 Å². The average Bonchev–Trinajstić information content (AvgIpc) is 2.68. The molecule has 1 aromatic carbocycles. The van der Waals surface area contributed by atoms with E-state index in [1.807, 2.05) is 20.8 Å². The van der Waals surface area contributed by atoms with Gasteiger partial charge in [-0.1, -0.05) is 20.8 Å². The second-order valence-electron chi connectivity index (χ2n) is 8.21.